The lowest BCUT2D eigenvalue weighted by Crippen LogP contribution is -2.16. The van der Waals surface area contributed by atoms with Crippen LogP contribution >= 0.6 is 11.6 Å². The van der Waals surface area contributed by atoms with E-state index < -0.39 is 0 Å². The van der Waals surface area contributed by atoms with Crippen molar-refractivity contribution in [2.24, 2.45) is 10.7 Å². The highest BCUT2D eigenvalue weighted by molar-refractivity contribution is 6.30. The van der Waals surface area contributed by atoms with E-state index >= 15 is 0 Å². The molecule has 30 heavy (non-hydrogen) atoms. The molecular formula is C22H22ClN5O2. The third-order valence-electron chi connectivity index (χ3n) is 4.41. The molecule has 1 amide bonds. The normalized spacial score (nSPS) is 11.1. The maximum Gasteiger partial charge on any atom is 0.259 e. The Balaban J connectivity index is 1.77. The highest BCUT2D eigenvalue weighted by Gasteiger charge is 2.14. The van der Waals surface area contributed by atoms with Crippen molar-refractivity contribution in [1.82, 2.24) is 4.98 Å². The topological polar surface area (TPSA) is 102 Å². The number of nitrogens with one attached hydrogen (secondary N) is 2. The minimum atomic E-state index is -0.312. The maximum absolute atomic E-state index is 12.8. The lowest BCUT2D eigenvalue weighted by molar-refractivity contribution is 0.102. The number of nitrogens with zero attached hydrogens (tertiary/aromatic N) is 2. The van der Waals surface area contributed by atoms with Gasteiger partial charge in [0.15, 0.2) is 0 Å². The minimum Gasteiger partial charge on any atom is -0.497 e. The zero-order chi connectivity index (χ0) is 21.5. The lowest BCUT2D eigenvalue weighted by Gasteiger charge is -2.14. The number of methoxy groups -OCH3 is 1. The summed E-state index contributed by atoms with van der Waals surface area (Å²) in [6.07, 6.45) is 1.47. The van der Waals surface area contributed by atoms with Crippen LogP contribution in [0.4, 0.5) is 11.5 Å². The zero-order valence-electron chi connectivity index (χ0n) is 16.6. The summed E-state index contributed by atoms with van der Waals surface area (Å²) in [5.41, 5.74) is 8.82. The molecule has 1 aromatic heterocycles. The fourth-order valence-corrected chi connectivity index (χ4v) is 2.86. The molecule has 3 rings (SSSR count). The molecule has 0 unspecified atom stereocenters. The van der Waals surface area contributed by atoms with Gasteiger partial charge < -0.3 is 21.1 Å². The van der Waals surface area contributed by atoms with Gasteiger partial charge in [-0.15, -0.1) is 0 Å². The van der Waals surface area contributed by atoms with Crippen molar-refractivity contribution >= 4 is 34.8 Å². The number of carbonyl (C=O) groups is 1. The first-order chi connectivity index (χ1) is 14.5. The molecule has 2 aromatic carbocycles. The van der Waals surface area contributed by atoms with Crippen molar-refractivity contribution in [3.63, 3.8) is 0 Å². The summed E-state index contributed by atoms with van der Waals surface area (Å²) < 4.78 is 5.27. The third-order valence-corrected chi connectivity index (χ3v) is 4.64. The van der Waals surface area contributed by atoms with E-state index in [-0.39, 0.29) is 5.91 Å². The number of hydrogen-bond donors (Lipinski definition) is 3. The fraction of sp³-hybridized carbons (Fsp3) is 0.136. The van der Waals surface area contributed by atoms with Gasteiger partial charge in [0.25, 0.3) is 5.91 Å². The predicted octanol–water partition coefficient (Wildman–Crippen LogP) is 3.94. The summed E-state index contributed by atoms with van der Waals surface area (Å²) in [6.45, 7) is 0.523. The zero-order valence-corrected chi connectivity index (χ0v) is 17.4. The van der Waals surface area contributed by atoms with Gasteiger partial charge in [0.1, 0.15) is 17.4 Å². The van der Waals surface area contributed by atoms with Crippen LogP contribution in [-0.4, -0.2) is 30.9 Å². The van der Waals surface area contributed by atoms with Gasteiger partial charge in [0.05, 0.1) is 17.7 Å². The van der Waals surface area contributed by atoms with E-state index in [2.05, 4.69) is 20.6 Å². The fourth-order valence-electron chi connectivity index (χ4n) is 2.75. The molecule has 0 bridgehead atoms. The Labute approximate surface area is 180 Å². The van der Waals surface area contributed by atoms with Crippen molar-refractivity contribution in [2.75, 3.05) is 24.8 Å². The summed E-state index contributed by atoms with van der Waals surface area (Å²) in [5.74, 6) is 1.16. The van der Waals surface area contributed by atoms with Crippen molar-refractivity contribution in [1.29, 1.82) is 0 Å². The molecule has 8 heteroatoms. The van der Waals surface area contributed by atoms with Gasteiger partial charge in [-0.2, -0.15) is 0 Å². The summed E-state index contributed by atoms with van der Waals surface area (Å²) in [7, 11) is 3.21. The SMILES string of the molecule is CN=C(N)c1ccc(CNc2ccc(OC)cc2C(=O)Nc2ccc(Cl)cn2)cc1. The Bertz CT molecular complexity index is 1050. The molecule has 0 saturated heterocycles. The van der Waals surface area contributed by atoms with Crippen LogP contribution in [0.5, 0.6) is 5.75 Å². The smallest absolute Gasteiger partial charge is 0.259 e. The average Bonchev–Trinajstić information content (AvgIpc) is 2.78. The second kappa shape index (κ2) is 9.76. The maximum atomic E-state index is 12.8. The van der Waals surface area contributed by atoms with Gasteiger partial charge in [0.2, 0.25) is 0 Å². The number of amidine groups is 1. The van der Waals surface area contributed by atoms with Gasteiger partial charge >= 0.3 is 0 Å². The second-order valence-electron chi connectivity index (χ2n) is 6.39. The second-order valence-corrected chi connectivity index (χ2v) is 6.82. The van der Waals surface area contributed by atoms with Gasteiger partial charge in [-0.05, 0) is 35.9 Å². The average molecular weight is 424 g/mol. The number of pyridine rings is 1. The number of amides is 1. The number of nitrogens with two attached hydrogens (primary N) is 1. The molecule has 1 heterocycles. The van der Waals surface area contributed by atoms with Crippen molar-refractivity contribution in [3.8, 4) is 5.75 Å². The first-order valence-electron chi connectivity index (χ1n) is 9.16. The molecule has 7 nitrogen and oxygen atoms in total. The van der Waals surface area contributed by atoms with Crippen LogP contribution < -0.4 is 21.1 Å². The molecule has 0 fully saturated rings. The van der Waals surface area contributed by atoms with E-state index in [1.807, 2.05) is 24.3 Å². The highest BCUT2D eigenvalue weighted by Crippen LogP contribution is 2.24. The molecule has 4 N–H and O–H groups in total. The van der Waals surface area contributed by atoms with Crippen molar-refractivity contribution < 1.29 is 9.53 Å². The molecule has 0 aliphatic rings. The van der Waals surface area contributed by atoms with Crippen molar-refractivity contribution in [3.05, 3.63) is 82.5 Å². The summed E-state index contributed by atoms with van der Waals surface area (Å²) in [4.78, 5) is 20.9. The van der Waals surface area contributed by atoms with E-state index in [0.717, 1.165) is 11.1 Å². The third kappa shape index (κ3) is 5.27. The van der Waals surface area contributed by atoms with Crippen molar-refractivity contribution in [2.45, 2.75) is 6.54 Å². The highest BCUT2D eigenvalue weighted by atomic mass is 35.5. The largest absolute Gasteiger partial charge is 0.497 e. The number of anilines is 2. The van der Waals surface area contributed by atoms with E-state index in [4.69, 9.17) is 22.1 Å². The molecular weight excluding hydrogens is 402 g/mol. The Hall–Kier alpha value is -3.58. The number of benzene rings is 2. The van der Waals surface area contributed by atoms with Crippen LogP contribution in [0.25, 0.3) is 0 Å². The first-order valence-corrected chi connectivity index (χ1v) is 9.54. The monoisotopic (exact) mass is 423 g/mol. The molecule has 3 aromatic rings. The molecule has 154 valence electrons. The molecule has 0 spiro atoms. The Morgan fingerprint density at radius 1 is 1.17 bits per heavy atom. The van der Waals surface area contributed by atoms with Crippen LogP contribution in [0.3, 0.4) is 0 Å². The van der Waals surface area contributed by atoms with Crippen LogP contribution in [-0.2, 0) is 6.54 Å². The number of ether oxygens (including phenoxy) is 1. The van der Waals surface area contributed by atoms with E-state index in [0.29, 0.717) is 40.2 Å². The molecule has 0 radical (unpaired) electrons. The van der Waals surface area contributed by atoms with Crippen LogP contribution in [0, 0.1) is 0 Å². The Morgan fingerprint density at radius 3 is 2.57 bits per heavy atom. The van der Waals surface area contributed by atoms with E-state index in [1.165, 1.54) is 6.20 Å². The standard InChI is InChI=1S/C22H22ClN5O2/c1-25-21(24)15-5-3-14(4-6-15)12-26-19-9-8-17(30-2)11-18(19)22(29)28-20-10-7-16(23)13-27-20/h3-11,13,26H,12H2,1-2H3,(H2,24,25)(H,27,28,29). The van der Waals surface area contributed by atoms with Crippen LogP contribution in [0.15, 0.2) is 65.8 Å². The number of rotatable bonds is 7. The molecule has 0 aliphatic carbocycles. The van der Waals surface area contributed by atoms with E-state index in [9.17, 15) is 4.79 Å². The Kier molecular flexibility index (Phi) is 6.87. The Morgan fingerprint density at radius 2 is 1.93 bits per heavy atom. The van der Waals surface area contributed by atoms with Gasteiger partial charge in [0, 0.05) is 31.0 Å². The van der Waals surface area contributed by atoms with Gasteiger partial charge in [-0.1, -0.05) is 35.9 Å². The predicted molar refractivity (Wildman–Crippen MR) is 121 cm³/mol. The number of aromatic nitrogens is 1. The molecule has 0 saturated carbocycles. The quantitative estimate of drug-likeness (QED) is 0.394. The lowest BCUT2D eigenvalue weighted by atomic mass is 10.1. The van der Waals surface area contributed by atoms with Gasteiger partial charge in [-0.3, -0.25) is 9.79 Å². The number of aliphatic imine (C=N–C) groups is 1. The number of hydrogen-bond acceptors (Lipinski definition) is 5. The molecule has 0 atom stereocenters. The number of carbonyl (C=O) groups excluding carboxylic acids is 1. The first kappa shape index (κ1) is 21.1. The number of halogens is 1. The summed E-state index contributed by atoms with van der Waals surface area (Å²) in [5, 5.41) is 6.57. The summed E-state index contributed by atoms with van der Waals surface area (Å²) >= 11 is 5.85. The molecule has 0 aliphatic heterocycles. The summed E-state index contributed by atoms with van der Waals surface area (Å²) in [6, 6.07) is 16.3. The minimum absolute atomic E-state index is 0.312. The van der Waals surface area contributed by atoms with Gasteiger partial charge in [-0.25, -0.2) is 4.98 Å². The van der Waals surface area contributed by atoms with E-state index in [1.54, 1.807) is 44.5 Å². The van der Waals surface area contributed by atoms with Crippen LogP contribution in [0.1, 0.15) is 21.5 Å². The van der Waals surface area contributed by atoms with Crippen LogP contribution in [0.2, 0.25) is 5.02 Å².